The number of aryl methyl sites for hydroxylation is 1. The summed E-state index contributed by atoms with van der Waals surface area (Å²) in [5.41, 5.74) is 10.5. The van der Waals surface area contributed by atoms with E-state index in [1.54, 1.807) is 17.5 Å². The highest BCUT2D eigenvalue weighted by molar-refractivity contribution is 7.09. The molecule has 3 aromatic rings. The summed E-state index contributed by atoms with van der Waals surface area (Å²) < 4.78 is 0. The van der Waals surface area contributed by atoms with Gasteiger partial charge in [0.15, 0.2) is 0 Å². The number of nitrogens with two attached hydrogens (primary N) is 1. The molecular formula is C17H17N3S. The number of hydrogen-bond donors (Lipinski definition) is 1. The number of aromatic nitrogens is 2. The highest BCUT2D eigenvalue weighted by Gasteiger charge is 2.11. The molecule has 0 bridgehead atoms. The molecule has 106 valence electrons. The molecule has 4 heteroatoms. The summed E-state index contributed by atoms with van der Waals surface area (Å²) in [4.78, 5) is 8.96. The van der Waals surface area contributed by atoms with Crippen molar-refractivity contribution in [1.29, 1.82) is 0 Å². The normalized spacial score (nSPS) is 12.3. The maximum absolute atomic E-state index is 6.28. The van der Waals surface area contributed by atoms with Gasteiger partial charge in [0, 0.05) is 24.0 Å². The van der Waals surface area contributed by atoms with Crippen molar-refractivity contribution in [3.05, 3.63) is 70.2 Å². The molecule has 0 fully saturated rings. The third-order valence-electron chi connectivity index (χ3n) is 3.38. The van der Waals surface area contributed by atoms with Crippen LogP contribution in [0.4, 0.5) is 0 Å². The van der Waals surface area contributed by atoms with Gasteiger partial charge < -0.3 is 5.73 Å². The third-order valence-corrected chi connectivity index (χ3v) is 4.25. The zero-order valence-electron chi connectivity index (χ0n) is 11.9. The lowest BCUT2D eigenvalue weighted by atomic mass is 10.0. The zero-order chi connectivity index (χ0) is 14.7. The molecule has 1 aromatic carbocycles. The Morgan fingerprint density at radius 2 is 1.90 bits per heavy atom. The fraction of sp³-hybridized carbons (Fsp3) is 0.176. The summed E-state index contributed by atoms with van der Waals surface area (Å²) in [6.07, 6.45) is 2.53. The molecule has 2 aromatic heterocycles. The highest BCUT2D eigenvalue weighted by atomic mass is 32.1. The van der Waals surface area contributed by atoms with Crippen molar-refractivity contribution >= 4 is 11.3 Å². The average Bonchev–Trinajstić information content (AvgIpc) is 2.97. The Hall–Kier alpha value is -2.04. The van der Waals surface area contributed by atoms with Gasteiger partial charge in [0.1, 0.15) is 0 Å². The van der Waals surface area contributed by atoms with E-state index in [0.29, 0.717) is 0 Å². The van der Waals surface area contributed by atoms with E-state index in [1.807, 2.05) is 23.6 Å². The summed E-state index contributed by atoms with van der Waals surface area (Å²) in [6, 6.07) is 14.2. The first kappa shape index (κ1) is 13.9. The molecule has 1 unspecified atom stereocenters. The Kier molecular flexibility index (Phi) is 4.08. The van der Waals surface area contributed by atoms with Crippen LogP contribution in [0.3, 0.4) is 0 Å². The van der Waals surface area contributed by atoms with E-state index in [4.69, 9.17) is 5.73 Å². The third kappa shape index (κ3) is 3.35. The van der Waals surface area contributed by atoms with Gasteiger partial charge in [-0.15, -0.1) is 11.3 Å². The van der Waals surface area contributed by atoms with E-state index >= 15 is 0 Å². The Morgan fingerprint density at radius 3 is 2.62 bits per heavy atom. The van der Waals surface area contributed by atoms with Crippen molar-refractivity contribution in [1.82, 2.24) is 9.97 Å². The fourth-order valence-electron chi connectivity index (χ4n) is 2.16. The van der Waals surface area contributed by atoms with Gasteiger partial charge in [-0.2, -0.15) is 0 Å². The fourth-order valence-corrected chi connectivity index (χ4v) is 3.00. The zero-order valence-corrected chi connectivity index (χ0v) is 12.7. The number of pyridine rings is 1. The van der Waals surface area contributed by atoms with Gasteiger partial charge in [-0.25, -0.2) is 4.98 Å². The standard InChI is InChI=1S/C17H17N3S/c1-12-5-7-13(8-6-12)14(18)10-17-20-16(11-21-17)15-4-2-3-9-19-15/h2-9,11,14H,10,18H2,1H3. The van der Waals surface area contributed by atoms with E-state index in [0.717, 1.165) is 28.4 Å². The predicted molar refractivity (Wildman–Crippen MR) is 87.2 cm³/mol. The topological polar surface area (TPSA) is 51.8 Å². The molecule has 2 heterocycles. The molecule has 0 aliphatic rings. The van der Waals surface area contributed by atoms with Crippen LogP contribution in [0.2, 0.25) is 0 Å². The molecule has 0 spiro atoms. The minimum atomic E-state index is -0.0201. The molecule has 3 nitrogen and oxygen atoms in total. The maximum atomic E-state index is 6.28. The first-order valence-corrected chi connectivity index (χ1v) is 7.78. The molecule has 0 saturated carbocycles. The molecule has 0 aliphatic heterocycles. The minimum Gasteiger partial charge on any atom is -0.324 e. The second-order valence-corrected chi connectivity index (χ2v) is 6.01. The van der Waals surface area contributed by atoms with E-state index < -0.39 is 0 Å². The Morgan fingerprint density at radius 1 is 1.10 bits per heavy atom. The van der Waals surface area contributed by atoms with Crippen molar-refractivity contribution < 1.29 is 0 Å². The van der Waals surface area contributed by atoms with Crippen LogP contribution in [0, 0.1) is 6.92 Å². The second-order valence-electron chi connectivity index (χ2n) is 5.06. The van der Waals surface area contributed by atoms with Gasteiger partial charge in [-0.05, 0) is 24.6 Å². The van der Waals surface area contributed by atoms with Crippen LogP contribution in [-0.2, 0) is 6.42 Å². The lowest BCUT2D eigenvalue weighted by Gasteiger charge is -2.10. The van der Waals surface area contributed by atoms with Crippen molar-refractivity contribution in [3.8, 4) is 11.4 Å². The summed E-state index contributed by atoms with van der Waals surface area (Å²) in [6.45, 7) is 2.08. The Labute approximate surface area is 128 Å². The predicted octanol–water partition coefficient (Wildman–Crippen LogP) is 3.76. The molecule has 0 amide bonds. The monoisotopic (exact) mass is 295 g/mol. The van der Waals surface area contributed by atoms with Crippen LogP contribution < -0.4 is 5.73 Å². The van der Waals surface area contributed by atoms with Crippen LogP contribution in [0.5, 0.6) is 0 Å². The first-order valence-electron chi connectivity index (χ1n) is 6.90. The molecule has 1 atom stereocenters. The summed E-state index contributed by atoms with van der Waals surface area (Å²) in [7, 11) is 0. The van der Waals surface area contributed by atoms with Gasteiger partial charge in [-0.3, -0.25) is 4.98 Å². The summed E-state index contributed by atoms with van der Waals surface area (Å²) >= 11 is 1.64. The number of thiazole rings is 1. The molecule has 0 radical (unpaired) electrons. The van der Waals surface area contributed by atoms with Gasteiger partial charge in [0.05, 0.1) is 16.4 Å². The number of rotatable bonds is 4. The number of nitrogens with zero attached hydrogens (tertiary/aromatic N) is 2. The van der Waals surface area contributed by atoms with Gasteiger partial charge in [0.25, 0.3) is 0 Å². The van der Waals surface area contributed by atoms with Crippen LogP contribution in [0.25, 0.3) is 11.4 Å². The Balaban J connectivity index is 1.74. The summed E-state index contributed by atoms with van der Waals surface area (Å²) in [5, 5.41) is 3.09. The molecular weight excluding hydrogens is 278 g/mol. The highest BCUT2D eigenvalue weighted by Crippen LogP contribution is 2.23. The molecule has 21 heavy (non-hydrogen) atoms. The maximum Gasteiger partial charge on any atom is 0.0998 e. The largest absolute Gasteiger partial charge is 0.324 e. The molecule has 0 aliphatic carbocycles. The lowest BCUT2D eigenvalue weighted by Crippen LogP contribution is -2.13. The smallest absolute Gasteiger partial charge is 0.0998 e. The van der Waals surface area contributed by atoms with E-state index in [2.05, 4.69) is 41.2 Å². The van der Waals surface area contributed by atoms with Crippen LogP contribution in [-0.4, -0.2) is 9.97 Å². The molecule has 0 saturated heterocycles. The quantitative estimate of drug-likeness (QED) is 0.797. The number of benzene rings is 1. The van der Waals surface area contributed by atoms with Gasteiger partial charge >= 0.3 is 0 Å². The van der Waals surface area contributed by atoms with E-state index in [-0.39, 0.29) is 6.04 Å². The molecule has 3 rings (SSSR count). The van der Waals surface area contributed by atoms with E-state index in [9.17, 15) is 0 Å². The summed E-state index contributed by atoms with van der Waals surface area (Å²) in [5.74, 6) is 0. The number of hydrogen-bond acceptors (Lipinski definition) is 4. The van der Waals surface area contributed by atoms with Gasteiger partial charge in [0.2, 0.25) is 0 Å². The van der Waals surface area contributed by atoms with Crippen LogP contribution in [0.1, 0.15) is 22.2 Å². The van der Waals surface area contributed by atoms with Crippen LogP contribution >= 0.6 is 11.3 Å². The van der Waals surface area contributed by atoms with Crippen LogP contribution in [0.15, 0.2) is 54.0 Å². The first-order chi connectivity index (χ1) is 10.2. The van der Waals surface area contributed by atoms with E-state index in [1.165, 1.54) is 5.56 Å². The SMILES string of the molecule is Cc1ccc(C(N)Cc2nc(-c3ccccn3)cs2)cc1. The van der Waals surface area contributed by atoms with Crippen molar-refractivity contribution in [3.63, 3.8) is 0 Å². The van der Waals surface area contributed by atoms with Gasteiger partial charge in [-0.1, -0.05) is 35.9 Å². The van der Waals surface area contributed by atoms with Crippen molar-refractivity contribution in [2.24, 2.45) is 5.73 Å². The average molecular weight is 295 g/mol. The van der Waals surface area contributed by atoms with Crippen molar-refractivity contribution in [2.45, 2.75) is 19.4 Å². The lowest BCUT2D eigenvalue weighted by molar-refractivity contribution is 0.718. The molecule has 2 N–H and O–H groups in total. The minimum absolute atomic E-state index is 0.0201. The second kappa shape index (κ2) is 6.16. The Bertz CT molecular complexity index is 704. The van der Waals surface area contributed by atoms with Crippen molar-refractivity contribution in [2.75, 3.05) is 0 Å².